The standard InChI is InChI=1S/C11H16BrClN2O2S/c1-2-5-14-6-7-15-18(16,17)11-4-3-9(13)8-10(11)12/h3-4,8,14-15H,2,5-7H2,1H3. The Bertz CT molecular complexity index is 494. The fourth-order valence-electron chi connectivity index (χ4n) is 1.35. The third kappa shape index (κ3) is 4.85. The molecule has 0 amide bonds. The first-order valence-corrected chi connectivity index (χ1v) is 8.28. The van der Waals surface area contributed by atoms with E-state index in [4.69, 9.17) is 11.6 Å². The molecule has 1 rings (SSSR count). The van der Waals surface area contributed by atoms with Gasteiger partial charge in [-0.15, -0.1) is 0 Å². The Kier molecular flexibility index (Phi) is 6.59. The van der Waals surface area contributed by atoms with Crippen LogP contribution in [0.2, 0.25) is 5.02 Å². The number of rotatable bonds is 7. The van der Waals surface area contributed by atoms with Crippen LogP contribution in [-0.2, 0) is 10.0 Å². The predicted octanol–water partition coefficient (Wildman–Crippen LogP) is 2.38. The van der Waals surface area contributed by atoms with Crippen LogP contribution in [0.4, 0.5) is 0 Å². The van der Waals surface area contributed by atoms with Crippen LogP contribution in [0, 0.1) is 0 Å². The molecule has 0 spiro atoms. The zero-order valence-corrected chi connectivity index (χ0v) is 13.2. The molecule has 0 radical (unpaired) electrons. The first-order chi connectivity index (χ1) is 8.47. The van der Waals surface area contributed by atoms with Crippen molar-refractivity contribution in [2.45, 2.75) is 18.2 Å². The monoisotopic (exact) mass is 354 g/mol. The maximum absolute atomic E-state index is 12.0. The second-order valence-corrected chi connectivity index (χ2v) is 6.75. The molecule has 0 unspecified atom stereocenters. The van der Waals surface area contributed by atoms with Gasteiger partial charge in [0.05, 0.1) is 4.90 Å². The Balaban J connectivity index is 2.63. The summed E-state index contributed by atoms with van der Waals surface area (Å²) in [4.78, 5) is 0.197. The molecule has 18 heavy (non-hydrogen) atoms. The van der Waals surface area contributed by atoms with Crippen molar-refractivity contribution in [3.63, 3.8) is 0 Å². The SMILES string of the molecule is CCCNCCNS(=O)(=O)c1ccc(Cl)cc1Br. The second-order valence-electron chi connectivity index (χ2n) is 3.72. The number of nitrogens with one attached hydrogen (secondary N) is 2. The highest BCUT2D eigenvalue weighted by molar-refractivity contribution is 9.10. The molecule has 7 heteroatoms. The molecule has 1 aromatic rings. The van der Waals surface area contributed by atoms with Gasteiger partial charge in [0, 0.05) is 22.6 Å². The molecule has 0 saturated heterocycles. The van der Waals surface area contributed by atoms with Crippen LogP contribution in [0.1, 0.15) is 13.3 Å². The van der Waals surface area contributed by atoms with Crippen LogP contribution in [0.5, 0.6) is 0 Å². The largest absolute Gasteiger partial charge is 0.315 e. The third-order valence-electron chi connectivity index (χ3n) is 2.20. The second kappa shape index (κ2) is 7.45. The molecule has 0 atom stereocenters. The van der Waals surface area contributed by atoms with E-state index in [0.29, 0.717) is 22.6 Å². The summed E-state index contributed by atoms with van der Waals surface area (Å²) in [5, 5.41) is 3.61. The summed E-state index contributed by atoms with van der Waals surface area (Å²) in [5.41, 5.74) is 0. The van der Waals surface area contributed by atoms with Gasteiger partial charge in [0.2, 0.25) is 10.0 Å². The number of halogens is 2. The van der Waals surface area contributed by atoms with E-state index in [2.05, 4.69) is 32.9 Å². The van der Waals surface area contributed by atoms with Crippen LogP contribution < -0.4 is 10.0 Å². The van der Waals surface area contributed by atoms with Gasteiger partial charge < -0.3 is 5.32 Å². The Morgan fingerprint density at radius 2 is 2.00 bits per heavy atom. The van der Waals surface area contributed by atoms with Crippen molar-refractivity contribution in [2.24, 2.45) is 0 Å². The Morgan fingerprint density at radius 3 is 2.61 bits per heavy atom. The van der Waals surface area contributed by atoms with E-state index in [9.17, 15) is 8.42 Å². The van der Waals surface area contributed by atoms with E-state index in [1.807, 2.05) is 0 Å². The smallest absolute Gasteiger partial charge is 0.241 e. The van der Waals surface area contributed by atoms with Crippen LogP contribution in [0.3, 0.4) is 0 Å². The zero-order valence-electron chi connectivity index (χ0n) is 10.0. The molecule has 0 heterocycles. The lowest BCUT2D eigenvalue weighted by Crippen LogP contribution is -2.32. The van der Waals surface area contributed by atoms with Crippen LogP contribution >= 0.6 is 27.5 Å². The third-order valence-corrected chi connectivity index (χ3v) is 4.88. The Hall–Kier alpha value is -0.140. The van der Waals surface area contributed by atoms with Gasteiger partial charge in [-0.3, -0.25) is 0 Å². The molecule has 0 aromatic heterocycles. The summed E-state index contributed by atoms with van der Waals surface area (Å²) in [6.45, 7) is 3.91. The maximum atomic E-state index is 12.0. The highest BCUT2D eigenvalue weighted by atomic mass is 79.9. The lowest BCUT2D eigenvalue weighted by atomic mass is 10.4. The van der Waals surface area contributed by atoms with Crippen LogP contribution in [0.25, 0.3) is 0 Å². The summed E-state index contributed by atoms with van der Waals surface area (Å²) in [5.74, 6) is 0. The van der Waals surface area contributed by atoms with E-state index < -0.39 is 10.0 Å². The molecule has 0 bridgehead atoms. The van der Waals surface area contributed by atoms with E-state index in [0.717, 1.165) is 13.0 Å². The van der Waals surface area contributed by atoms with Gasteiger partial charge in [-0.2, -0.15) is 0 Å². The predicted molar refractivity (Wildman–Crippen MR) is 77.5 cm³/mol. The van der Waals surface area contributed by atoms with E-state index in [1.54, 1.807) is 12.1 Å². The molecule has 2 N–H and O–H groups in total. The van der Waals surface area contributed by atoms with Crippen LogP contribution in [0.15, 0.2) is 27.6 Å². The topological polar surface area (TPSA) is 58.2 Å². The quantitative estimate of drug-likeness (QED) is 0.738. The molecule has 0 aliphatic heterocycles. The van der Waals surface area contributed by atoms with Crippen molar-refractivity contribution in [1.82, 2.24) is 10.0 Å². The molecule has 0 aliphatic carbocycles. The number of sulfonamides is 1. The van der Waals surface area contributed by atoms with Crippen molar-refractivity contribution in [3.8, 4) is 0 Å². The fourth-order valence-corrected chi connectivity index (χ4v) is 3.76. The van der Waals surface area contributed by atoms with Crippen molar-refractivity contribution in [2.75, 3.05) is 19.6 Å². The normalized spacial score (nSPS) is 11.7. The van der Waals surface area contributed by atoms with E-state index in [-0.39, 0.29) is 4.90 Å². The Labute approximate surface area is 121 Å². The first kappa shape index (κ1) is 15.9. The summed E-state index contributed by atoms with van der Waals surface area (Å²) >= 11 is 8.97. The average molecular weight is 356 g/mol. The van der Waals surface area contributed by atoms with E-state index in [1.165, 1.54) is 6.07 Å². The minimum absolute atomic E-state index is 0.197. The summed E-state index contributed by atoms with van der Waals surface area (Å²) < 4.78 is 27.0. The van der Waals surface area contributed by atoms with Gasteiger partial charge >= 0.3 is 0 Å². The minimum atomic E-state index is -3.49. The fraction of sp³-hybridized carbons (Fsp3) is 0.455. The van der Waals surface area contributed by atoms with Gasteiger partial charge in [-0.05, 0) is 47.1 Å². The average Bonchev–Trinajstić information content (AvgIpc) is 2.28. The maximum Gasteiger partial charge on any atom is 0.241 e. The number of hydrogen-bond donors (Lipinski definition) is 2. The zero-order chi connectivity index (χ0) is 13.6. The molecule has 102 valence electrons. The number of hydrogen-bond acceptors (Lipinski definition) is 3. The van der Waals surface area contributed by atoms with Crippen molar-refractivity contribution in [1.29, 1.82) is 0 Å². The Morgan fingerprint density at radius 1 is 1.28 bits per heavy atom. The van der Waals surface area contributed by atoms with Crippen molar-refractivity contribution in [3.05, 3.63) is 27.7 Å². The van der Waals surface area contributed by atoms with Gasteiger partial charge in [0.25, 0.3) is 0 Å². The molecule has 0 saturated carbocycles. The van der Waals surface area contributed by atoms with Crippen LogP contribution in [-0.4, -0.2) is 28.1 Å². The first-order valence-electron chi connectivity index (χ1n) is 5.63. The van der Waals surface area contributed by atoms with Crippen molar-refractivity contribution < 1.29 is 8.42 Å². The molecule has 4 nitrogen and oxygen atoms in total. The molecule has 0 fully saturated rings. The molecule has 1 aromatic carbocycles. The summed E-state index contributed by atoms with van der Waals surface area (Å²) in [7, 11) is -3.49. The molecular formula is C11H16BrClN2O2S. The van der Waals surface area contributed by atoms with E-state index >= 15 is 0 Å². The molecular weight excluding hydrogens is 340 g/mol. The highest BCUT2D eigenvalue weighted by Gasteiger charge is 2.16. The summed E-state index contributed by atoms with van der Waals surface area (Å²) in [6, 6.07) is 4.59. The van der Waals surface area contributed by atoms with Crippen molar-refractivity contribution >= 4 is 37.6 Å². The highest BCUT2D eigenvalue weighted by Crippen LogP contribution is 2.25. The number of benzene rings is 1. The van der Waals surface area contributed by atoms with Gasteiger partial charge in [-0.1, -0.05) is 18.5 Å². The molecule has 0 aliphatic rings. The lowest BCUT2D eigenvalue weighted by molar-refractivity contribution is 0.575. The van der Waals surface area contributed by atoms with Gasteiger partial charge in [-0.25, -0.2) is 13.1 Å². The minimum Gasteiger partial charge on any atom is -0.315 e. The van der Waals surface area contributed by atoms with Gasteiger partial charge in [0.15, 0.2) is 0 Å². The lowest BCUT2D eigenvalue weighted by Gasteiger charge is -2.09. The van der Waals surface area contributed by atoms with Gasteiger partial charge in [0.1, 0.15) is 0 Å². The summed E-state index contributed by atoms with van der Waals surface area (Å²) in [6.07, 6.45) is 1.02.